The molecule has 1 N–H and O–H groups in total. The zero-order valence-electron chi connectivity index (χ0n) is 16.4. The average Bonchev–Trinajstić information content (AvgIpc) is 3.14. The maximum absolute atomic E-state index is 12.6. The zero-order chi connectivity index (χ0) is 19.2. The van der Waals surface area contributed by atoms with Crippen LogP contribution in [-0.4, -0.2) is 60.7 Å². The number of benzene rings is 1. The lowest BCUT2D eigenvalue weighted by Crippen LogP contribution is -2.31. The second-order valence-electron chi connectivity index (χ2n) is 7.18. The summed E-state index contributed by atoms with van der Waals surface area (Å²) in [4.78, 5) is 23.9. The molecule has 1 fully saturated rings. The van der Waals surface area contributed by atoms with Crippen molar-refractivity contribution in [3.05, 3.63) is 47.4 Å². The topological polar surface area (TPSA) is 67.3 Å². The minimum absolute atomic E-state index is 0.0366. The number of carbonyl (C=O) groups is 1. The van der Waals surface area contributed by atoms with Crippen LogP contribution in [0.1, 0.15) is 28.2 Å². The van der Waals surface area contributed by atoms with Gasteiger partial charge in [-0.05, 0) is 44.9 Å². The first kappa shape index (κ1) is 19.5. The highest BCUT2D eigenvalue weighted by Crippen LogP contribution is 2.21. The summed E-state index contributed by atoms with van der Waals surface area (Å²) >= 11 is 0. The Kier molecular flexibility index (Phi) is 6.53. The number of hydrogen-bond donors (Lipinski definition) is 1. The van der Waals surface area contributed by atoms with E-state index in [2.05, 4.69) is 20.2 Å². The second-order valence-corrected chi connectivity index (χ2v) is 7.18. The third-order valence-corrected chi connectivity index (χ3v) is 5.01. The fraction of sp³-hybridized carbons (Fsp3) is 0.476. The molecule has 1 amide bonds. The summed E-state index contributed by atoms with van der Waals surface area (Å²) in [7, 11) is 1.73. The predicted octanol–water partition coefficient (Wildman–Crippen LogP) is 2.46. The van der Waals surface area contributed by atoms with Crippen molar-refractivity contribution in [2.75, 3.05) is 39.9 Å². The molecular formula is C21H28N4O2. The third kappa shape index (κ3) is 5.11. The lowest BCUT2D eigenvalue weighted by atomic mass is 10.1. The molecule has 2 aromatic rings. The van der Waals surface area contributed by atoms with E-state index in [0.29, 0.717) is 18.0 Å². The van der Waals surface area contributed by atoms with Gasteiger partial charge in [0.05, 0.1) is 23.7 Å². The molecule has 1 aliphatic heterocycles. The van der Waals surface area contributed by atoms with Crippen molar-refractivity contribution >= 4 is 5.91 Å². The lowest BCUT2D eigenvalue weighted by Gasteiger charge is -2.15. The van der Waals surface area contributed by atoms with E-state index in [9.17, 15) is 4.79 Å². The molecule has 0 saturated carbocycles. The molecule has 1 aliphatic rings. The van der Waals surface area contributed by atoms with Crippen LogP contribution in [0, 0.1) is 19.8 Å². The highest BCUT2D eigenvalue weighted by atomic mass is 16.5. The van der Waals surface area contributed by atoms with Gasteiger partial charge in [-0.2, -0.15) is 0 Å². The highest BCUT2D eigenvalue weighted by molar-refractivity contribution is 5.95. The number of rotatable bonds is 7. The monoisotopic (exact) mass is 368 g/mol. The minimum Gasteiger partial charge on any atom is -0.383 e. The lowest BCUT2D eigenvalue weighted by molar-refractivity contribution is 0.0946. The number of aryl methyl sites for hydroxylation is 2. The summed E-state index contributed by atoms with van der Waals surface area (Å²) in [5, 5.41) is 3.09. The van der Waals surface area contributed by atoms with Gasteiger partial charge in [-0.1, -0.05) is 12.1 Å². The maximum Gasteiger partial charge on any atom is 0.251 e. The maximum atomic E-state index is 12.6. The Bertz CT molecular complexity index is 794. The molecule has 1 aromatic heterocycles. The molecule has 0 bridgehead atoms. The molecule has 0 radical (unpaired) electrons. The Morgan fingerprint density at radius 2 is 2.22 bits per heavy atom. The van der Waals surface area contributed by atoms with Crippen LogP contribution < -0.4 is 5.32 Å². The standard InChI is InChI=1S/C21H28N4O2/c1-15-12-22-16(2)20(24-15)18-5-4-6-19(11-18)21(26)23-13-17-7-8-25(14-17)9-10-27-3/h4-6,11-12,17H,7-10,13-14H2,1-3H3,(H,23,26). The first-order chi connectivity index (χ1) is 13.1. The quantitative estimate of drug-likeness (QED) is 0.813. The fourth-order valence-corrected chi connectivity index (χ4v) is 3.46. The Labute approximate surface area is 161 Å². The molecule has 0 aliphatic carbocycles. The number of carbonyl (C=O) groups excluding carboxylic acids is 1. The van der Waals surface area contributed by atoms with Gasteiger partial charge in [-0.15, -0.1) is 0 Å². The van der Waals surface area contributed by atoms with Gasteiger partial charge >= 0.3 is 0 Å². The first-order valence-electron chi connectivity index (χ1n) is 9.47. The molecule has 6 heteroatoms. The Balaban J connectivity index is 1.60. The van der Waals surface area contributed by atoms with Crippen LogP contribution >= 0.6 is 0 Å². The second kappa shape index (κ2) is 9.06. The van der Waals surface area contributed by atoms with Crippen molar-refractivity contribution in [3.8, 4) is 11.3 Å². The number of aromatic nitrogens is 2. The summed E-state index contributed by atoms with van der Waals surface area (Å²) in [6.07, 6.45) is 2.87. The number of likely N-dealkylation sites (tertiary alicyclic amines) is 1. The number of nitrogens with zero attached hydrogens (tertiary/aromatic N) is 3. The van der Waals surface area contributed by atoms with Crippen molar-refractivity contribution in [1.82, 2.24) is 20.2 Å². The average molecular weight is 368 g/mol. The summed E-state index contributed by atoms with van der Waals surface area (Å²) in [6.45, 7) is 8.36. The highest BCUT2D eigenvalue weighted by Gasteiger charge is 2.22. The summed E-state index contributed by atoms with van der Waals surface area (Å²) in [6, 6.07) is 7.61. The number of ether oxygens (including phenoxy) is 1. The van der Waals surface area contributed by atoms with E-state index < -0.39 is 0 Å². The van der Waals surface area contributed by atoms with Gasteiger partial charge in [0.2, 0.25) is 0 Å². The normalized spacial score (nSPS) is 17.2. The number of hydrogen-bond acceptors (Lipinski definition) is 5. The van der Waals surface area contributed by atoms with Crippen LogP contribution in [-0.2, 0) is 4.74 Å². The molecule has 1 saturated heterocycles. The Morgan fingerprint density at radius 3 is 3.04 bits per heavy atom. The van der Waals surface area contributed by atoms with Gasteiger partial charge in [-0.25, -0.2) is 4.98 Å². The Hall–Kier alpha value is -2.31. The van der Waals surface area contributed by atoms with Gasteiger partial charge < -0.3 is 15.0 Å². The van der Waals surface area contributed by atoms with Crippen molar-refractivity contribution in [1.29, 1.82) is 0 Å². The smallest absolute Gasteiger partial charge is 0.251 e. The summed E-state index contributed by atoms with van der Waals surface area (Å²) in [5.41, 5.74) is 4.13. The van der Waals surface area contributed by atoms with Crippen LogP contribution in [0.4, 0.5) is 0 Å². The molecular weight excluding hydrogens is 340 g/mol. The van der Waals surface area contributed by atoms with E-state index >= 15 is 0 Å². The van der Waals surface area contributed by atoms with Crippen LogP contribution in [0.3, 0.4) is 0 Å². The van der Waals surface area contributed by atoms with Gasteiger partial charge in [0.25, 0.3) is 5.91 Å². The van der Waals surface area contributed by atoms with E-state index in [4.69, 9.17) is 4.74 Å². The fourth-order valence-electron chi connectivity index (χ4n) is 3.46. The predicted molar refractivity (Wildman–Crippen MR) is 106 cm³/mol. The summed E-state index contributed by atoms with van der Waals surface area (Å²) in [5.74, 6) is 0.462. The van der Waals surface area contributed by atoms with Gasteiger partial charge in [0.15, 0.2) is 0 Å². The molecule has 3 rings (SSSR count). The van der Waals surface area contributed by atoms with Crippen molar-refractivity contribution in [3.63, 3.8) is 0 Å². The van der Waals surface area contributed by atoms with Crippen molar-refractivity contribution in [2.45, 2.75) is 20.3 Å². The van der Waals surface area contributed by atoms with E-state index in [1.54, 1.807) is 13.3 Å². The van der Waals surface area contributed by atoms with Crippen LogP contribution in [0.2, 0.25) is 0 Å². The third-order valence-electron chi connectivity index (χ3n) is 5.01. The minimum atomic E-state index is -0.0366. The van der Waals surface area contributed by atoms with E-state index in [-0.39, 0.29) is 5.91 Å². The van der Waals surface area contributed by atoms with Gasteiger partial charge in [0, 0.05) is 44.1 Å². The molecule has 1 atom stereocenters. The van der Waals surface area contributed by atoms with Crippen LogP contribution in [0.25, 0.3) is 11.3 Å². The number of amides is 1. The van der Waals surface area contributed by atoms with Crippen molar-refractivity contribution < 1.29 is 9.53 Å². The SMILES string of the molecule is COCCN1CCC(CNC(=O)c2cccc(-c3nc(C)cnc3C)c2)C1. The van der Waals surface area contributed by atoms with Crippen LogP contribution in [0.5, 0.6) is 0 Å². The van der Waals surface area contributed by atoms with Crippen molar-refractivity contribution in [2.24, 2.45) is 5.92 Å². The van der Waals surface area contributed by atoms with E-state index in [1.165, 1.54) is 0 Å². The molecule has 1 aromatic carbocycles. The molecule has 27 heavy (non-hydrogen) atoms. The van der Waals surface area contributed by atoms with Gasteiger partial charge in [0.1, 0.15) is 0 Å². The molecule has 144 valence electrons. The van der Waals surface area contributed by atoms with E-state index in [1.807, 2.05) is 38.1 Å². The zero-order valence-corrected chi connectivity index (χ0v) is 16.4. The number of nitrogens with one attached hydrogen (secondary N) is 1. The van der Waals surface area contributed by atoms with E-state index in [0.717, 1.165) is 55.3 Å². The molecule has 1 unspecified atom stereocenters. The van der Waals surface area contributed by atoms with Gasteiger partial charge in [-0.3, -0.25) is 9.78 Å². The largest absolute Gasteiger partial charge is 0.383 e. The first-order valence-corrected chi connectivity index (χ1v) is 9.47. The number of methoxy groups -OCH3 is 1. The molecule has 0 spiro atoms. The Morgan fingerprint density at radius 1 is 1.37 bits per heavy atom. The van der Waals surface area contributed by atoms with Crippen LogP contribution in [0.15, 0.2) is 30.5 Å². The molecule has 6 nitrogen and oxygen atoms in total. The summed E-state index contributed by atoms with van der Waals surface area (Å²) < 4.78 is 5.14. The molecule has 2 heterocycles.